The molecule has 0 aliphatic carbocycles. The number of hydrogen-bond donors (Lipinski definition) is 2. The first-order valence-corrected chi connectivity index (χ1v) is 6.26. The van der Waals surface area contributed by atoms with Crippen LogP contribution in [0.3, 0.4) is 0 Å². The van der Waals surface area contributed by atoms with Crippen molar-refractivity contribution < 1.29 is 9.53 Å². The summed E-state index contributed by atoms with van der Waals surface area (Å²) in [4.78, 5) is 11.0. The van der Waals surface area contributed by atoms with Gasteiger partial charge in [-0.1, -0.05) is 24.3 Å². The molecule has 0 radical (unpaired) electrons. The average Bonchev–Trinajstić information content (AvgIpc) is 3.01. The van der Waals surface area contributed by atoms with Crippen LogP contribution in [0, 0.1) is 0 Å². The minimum Gasteiger partial charge on any atom is -0.436 e. The van der Waals surface area contributed by atoms with E-state index in [2.05, 4.69) is 15.4 Å². The summed E-state index contributed by atoms with van der Waals surface area (Å²) >= 11 is 0. The highest BCUT2D eigenvalue weighted by Gasteiger charge is 2.03. The van der Waals surface area contributed by atoms with E-state index in [1.165, 1.54) is 6.20 Å². The van der Waals surface area contributed by atoms with Gasteiger partial charge in [0.15, 0.2) is 0 Å². The Balaban J connectivity index is 1.78. The van der Waals surface area contributed by atoms with Gasteiger partial charge in [0.2, 0.25) is 5.91 Å². The molecule has 3 N–H and O–H groups in total. The molecule has 0 bridgehead atoms. The van der Waals surface area contributed by atoms with Crippen LogP contribution in [0.5, 0.6) is 11.6 Å². The molecule has 1 aromatic heterocycles. The summed E-state index contributed by atoms with van der Waals surface area (Å²) in [5, 5.41) is 9.96. The molecule has 21 heavy (non-hydrogen) atoms. The van der Waals surface area contributed by atoms with Crippen LogP contribution >= 0.6 is 0 Å². The van der Waals surface area contributed by atoms with E-state index in [0.29, 0.717) is 17.2 Å². The number of nitrogens with two attached hydrogens (primary N) is 1. The monoisotopic (exact) mass is 280 g/mol. The van der Waals surface area contributed by atoms with E-state index < -0.39 is 5.91 Å². The van der Waals surface area contributed by atoms with Gasteiger partial charge in [0.25, 0.3) is 5.88 Å². The van der Waals surface area contributed by atoms with E-state index in [9.17, 15) is 4.79 Å². The van der Waals surface area contributed by atoms with E-state index in [-0.39, 0.29) is 0 Å². The molecule has 2 aromatic carbocycles. The van der Waals surface area contributed by atoms with Crippen molar-refractivity contribution in [1.82, 2.24) is 15.4 Å². The number of nitrogens with one attached hydrogen (secondary N) is 1. The average molecular weight is 280 g/mol. The highest BCUT2D eigenvalue weighted by Crippen LogP contribution is 2.24. The van der Waals surface area contributed by atoms with Crippen LogP contribution in [0.2, 0.25) is 0 Å². The van der Waals surface area contributed by atoms with Gasteiger partial charge in [-0.3, -0.25) is 4.79 Å². The van der Waals surface area contributed by atoms with Crippen molar-refractivity contribution in [2.45, 2.75) is 0 Å². The number of H-pyrrole nitrogens is 1. The molecule has 3 aromatic rings. The molecule has 0 fully saturated rings. The fraction of sp³-hybridized carbons (Fsp3) is 0. The second kappa shape index (κ2) is 5.46. The van der Waals surface area contributed by atoms with Gasteiger partial charge in [-0.2, -0.15) is 10.3 Å². The van der Waals surface area contributed by atoms with Crippen LogP contribution in [0.4, 0.5) is 0 Å². The third-order valence-electron chi connectivity index (χ3n) is 2.97. The van der Waals surface area contributed by atoms with E-state index in [0.717, 1.165) is 11.1 Å². The number of hydrogen-bond acceptors (Lipinski definition) is 4. The number of amides is 1. The first-order valence-electron chi connectivity index (χ1n) is 6.26. The summed E-state index contributed by atoms with van der Waals surface area (Å²) in [6, 6.07) is 14.7. The van der Waals surface area contributed by atoms with Crippen molar-refractivity contribution in [2.75, 3.05) is 0 Å². The molecule has 1 amide bonds. The van der Waals surface area contributed by atoms with Crippen molar-refractivity contribution in [3.8, 4) is 22.8 Å². The Morgan fingerprint density at radius 3 is 2.14 bits per heavy atom. The summed E-state index contributed by atoms with van der Waals surface area (Å²) in [6.45, 7) is 0. The Morgan fingerprint density at radius 1 is 1.00 bits per heavy atom. The van der Waals surface area contributed by atoms with E-state index in [4.69, 9.17) is 10.5 Å². The normalized spacial score (nSPS) is 10.3. The molecule has 6 nitrogen and oxygen atoms in total. The van der Waals surface area contributed by atoms with Gasteiger partial charge in [0.1, 0.15) is 11.9 Å². The number of carbonyl (C=O) groups excluding carboxylic acids is 1. The van der Waals surface area contributed by atoms with Crippen molar-refractivity contribution in [3.63, 3.8) is 0 Å². The van der Waals surface area contributed by atoms with Gasteiger partial charge in [0, 0.05) is 5.56 Å². The largest absolute Gasteiger partial charge is 0.436 e. The highest BCUT2D eigenvalue weighted by atomic mass is 16.5. The fourth-order valence-electron chi connectivity index (χ4n) is 1.90. The van der Waals surface area contributed by atoms with Gasteiger partial charge >= 0.3 is 0 Å². The molecule has 0 aliphatic heterocycles. The minimum absolute atomic E-state index is 0.411. The molecule has 0 aliphatic rings. The third-order valence-corrected chi connectivity index (χ3v) is 2.97. The molecule has 0 saturated carbocycles. The number of aromatic nitrogens is 3. The molecule has 0 atom stereocenters. The lowest BCUT2D eigenvalue weighted by atomic mass is 10.0. The Hall–Kier alpha value is -3.15. The lowest BCUT2D eigenvalue weighted by Gasteiger charge is -2.05. The summed E-state index contributed by atoms with van der Waals surface area (Å²) < 4.78 is 5.49. The molecule has 1 heterocycles. The van der Waals surface area contributed by atoms with Gasteiger partial charge in [-0.05, 0) is 35.4 Å². The SMILES string of the molecule is NC(=O)c1ccc(-c2ccc(Oc3cn[nH]n3)cc2)cc1. The zero-order valence-corrected chi connectivity index (χ0v) is 11.0. The van der Waals surface area contributed by atoms with Crippen molar-refractivity contribution in [3.05, 3.63) is 60.3 Å². The van der Waals surface area contributed by atoms with Crippen LogP contribution in [-0.4, -0.2) is 21.3 Å². The Kier molecular flexibility index (Phi) is 3.34. The maximum absolute atomic E-state index is 11.0. The van der Waals surface area contributed by atoms with E-state index in [1.54, 1.807) is 12.1 Å². The first kappa shape index (κ1) is 12.9. The van der Waals surface area contributed by atoms with Gasteiger partial charge in [-0.25, -0.2) is 0 Å². The Morgan fingerprint density at radius 2 is 1.62 bits per heavy atom. The van der Waals surface area contributed by atoms with Crippen molar-refractivity contribution >= 4 is 5.91 Å². The van der Waals surface area contributed by atoms with Crippen LogP contribution in [0.25, 0.3) is 11.1 Å². The minimum atomic E-state index is -0.432. The lowest BCUT2D eigenvalue weighted by Crippen LogP contribution is -2.10. The van der Waals surface area contributed by atoms with Crippen LogP contribution in [0.15, 0.2) is 54.7 Å². The van der Waals surface area contributed by atoms with Crippen LogP contribution in [0.1, 0.15) is 10.4 Å². The topological polar surface area (TPSA) is 93.9 Å². The van der Waals surface area contributed by atoms with Crippen LogP contribution in [-0.2, 0) is 0 Å². The second-order valence-corrected chi connectivity index (χ2v) is 4.38. The molecule has 3 rings (SSSR count). The maximum atomic E-state index is 11.0. The molecular formula is C15H12N4O2. The standard InChI is InChI=1S/C15H12N4O2/c16-15(20)12-3-1-10(2-4-12)11-5-7-13(8-6-11)21-14-9-17-19-18-14/h1-9H,(H2,16,20)(H,17,18,19). The molecule has 0 saturated heterocycles. The number of ether oxygens (including phenoxy) is 1. The second-order valence-electron chi connectivity index (χ2n) is 4.38. The number of primary amides is 1. The van der Waals surface area contributed by atoms with E-state index >= 15 is 0 Å². The summed E-state index contributed by atoms with van der Waals surface area (Å²) in [7, 11) is 0. The predicted octanol–water partition coefficient (Wildman–Crippen LogP) is 2.36. The zero-order valence-electron chi connectivity index (χ0n) is 11.0. The predicted molar refractivity (Wildman–Crippen MR) is 76.9 cm³/mol. The number of benzene rings is 2. The van der Waals surface area contributed by atoms with Crippen molar-refractivity contribution in [1.29, 1.82) is 0 Å². The number of nitrogens with zero attached hydrogens (tertiary/aromatic N) is 2. The maximum Gasteiger partial charge on any atom is 0.258 e. The molecule has 6 heteroatoms. The fourth-order valence-corrected chi connectivity index (χ4v) is 1.90. The lowest BCUT2D eigenvalue weighted by molar-refractivity contribution is 0.100. The highest BCUT2D eigenvalue weighted by molar-refractivity contribution is 5.93. The molecular weight excluding hydrogens is 268 g/mol. The zero-order chi connectivity index (χ0) is 14.7. The summed E-state index contributed by atoms with van der Waals surface area (Å²) in [5.74, 6) is 0.646. The summed E-state index contributed by atoms with van der Waals surface area (Å²) in [6.07, 6.45) is 1.50. The molecule has 0 unspecified atom stereocenters. The van der Waals surface area contributed by atoms with Crippen molar-refractivity contribution in [2.24, 2.45) is 5.73 Å². The van der Waals surface area contributed by atoms with Crippen LogP contribution < -0.4 is 10.5 Å². The first-order chi connectivity index (χ1) is 10.2. The quantitative estimate of drug-likeness (QED) is 0.767. The third kappa shape index (κ3) is 2.89. The van der Waals surface area contributed by atoms with E-state index in [1.807, 2.05) is 36.4 Å². The van der Waals surface area contributed by atoms with Gasteiger partial charge in [0.05, 0.1) is 0 Å². The molecule has 104 valence electrons. The molecule has 0 spiro atoms. The van der Waals surface area contributed by atoms with Gasteiger partial charge in [-0.15, -0.1) is 5.10 Å². The number of aromatic amines is 1. The Bertz CT molecular complexity index is 734. The number of rotatable bonds is 4. The smallest absolute Gasteiger partial charge is 0.258 e. The summed E-state index contributed by atoms with van der Waals surface area (Å²) in [5.41, 5.74) is 7.71. The number of carbonyl (C=O) groups is 1. The Labute approximate surface area is 120 Å². The van der Waals surface area contributed by atoms with Gasteiger partial charge < -0.3 is 10.5 Å².